The van der Waals surface area contributed by atoms with E-state index in [9.17, 15) is 4.79 Å². The Bertz CT molecular complexity index is 1850. The maximum absolute atomic E-state index is 13.0. The molecule has 0 saturated carbocycles. The molecule has 0 aliphatic rings. The average Bonchev–Trinajstić information content (AvgIpc) is 3.58. The van der Waals surface area contributed by atoms with E-state index in [0.29, 0.717) is 5.56 Å². The van der Waals surface area contributed by atoms with Crippen molar-refractivity contribution >= 4 is 12.1 Å². The SMILES string of the molecule is Cc1cc(C)cc(-n2c(C)cc(/C=N\NC(=O)c3ccc(-n4c(-c5ccccc5)ccc4-c4ccccc4)cc3)c2C)c1. The van der Waals surface area contributed by atoms with Crippen molar-refractivity contribution in [3.63, 3.8) is 0 Å². The van der Waals surface area contributed by atoms with E-state index in [-0.39, 0.29) is 5.91 Å². The number of hydrogen-bond acceptors (Lipinski definition) is 2. The highest BCUT2D eigenvalue weighted by molar-refractivity contribution is 5.95. The number of aryl methyl sites for hydroxylation is 3. The number of hydrazone groups is 1. The normalized spacial score (nSPS) is 11.3. The summed E-state index contributed by atoms with van der Waals surface area (Å²) in [6, 6.07) is 41.2. The van der Waals surface area contributed by atoms with Crippen molar-refractivity contribution in [2.75, 3.05) is 0 Å². The fourth-order valence-corrected chi connectivity index (χ4v) is 5.77. The molecule has 43 heavy (non-hydrogen) atoms. The van der Waals surface area contributed by atoms with Crippen LogP contribution in [0.25, 0.3) is 33.9 Å². The second-order valence-electron chi connectivity index (χ2n) is 10.9. The highest BCUT2D eigenvalue weighted by atomic mass is 16.2. The lowest BCUT2D eigenvalue weighted by Gasteiger charge is -2.15. The molecule has 1 amide bonds. The van der Waals surface area contributed by atoms with Crippen LogP contribution >= 0.6 is 0 Å². The number of amides is 1. The van der Waals surface area contributed by atoms with Crippen LogP contribution in [-0.4, -0.2) is 21.3 Å². The summed E-state index contributed by atoms with van der Waals surface area (Å²) in [5.41, 5.74) is 15.3. The average molecular weight is 563 g/mol. The second kappa shape index (κ2) is 11.8. The molecule has 0 bridgehead atoms. The molecule has 0 unspecified atom stereocenters. The van der Waals surface area contributed by atoms with Crippen molar-refractivity contribution in [2.24, 2.45) is 5.10 Å². The van der Waals surface area contributed by atoms with Crippen LogP contribution in [0.2, 0.25) is 0 Å². The smallest absolute Gasteiger partial charge is 0.271 e. The lowest BCUT2D eigenvalue weighted by Crippen LogP contribution is -2.17. The van der Waals surface area contributed by atoms with Gasteiger partial charge in [0.05, 0.1) is 17.6 Å². The van der Waals surface area contributed by atoms with E-state index >= 15 is 0 Å². The quantitative estimate of drug-likeness (QED) is 0.154. The van der Waals surface area contributed by atoms with Gasteiger partial charge in [0, 0.05) is 33.9 Å². The molecule has 2 heterocycles. The second-order valence-corrected chi connectivity index (χ2v) is 10.9. The largest absolute Gasteiger partial charge is 0.318 e. The molecule has 0 aliphatic heterocycles. The number of aromatic nitrogens is 2. The number of nitrogens with one attached hydrogen (secondary N) is 1. The van der Waals surface area contributed by atoms with E-state index in [4.69, 9.17) is 0 Å². The van der Waals surface area contributed by atoms with Crippen LogP contribution in [0.5, 0.6) is 0 Å². The van der Waals surface area contributed by atoms with E-state index in [1.54, 1.807) is 6.21 Å². The Morgan fingerprint density at radius 3 is 1.74 bits per heavy atom. The van der Waals surface area contributed by atoms with Crippen molar-refractivity contribution in [3.05, 3.63) is 155 Å². The van der Waals surface area contributed by atoms with E-state index in [0.717, 1.165) is 50.8 Å². The molecule has 5 heteroatoms. The van der Waals surface area contributed by atoms with Gasteiger partial charge in [-0.3, -0.25) is 4.79 Å². The number of benzene rings is 4. The standard InChI is InChI=1S/C38H34N4O/c1-26-21-27(2)23-35(22-26)41-28(3)24-33(29(41)4)25-39-40-38(43)32-15-17-34(18-16-32)42-36(30-11-7-5-8-12-30)19-20-37(42)31-13-9-6-10-14-31/h5-25H,1-4H3,(H,40,43)/b39-25-. The third-order valence-electron chi connectivity index (χ3n) is 7.71. The Balaban J connectivity index is 1.23. The number of carbonyl (C=O) groups excluding carboxylic acids is 1. The zero-order chi connectivity index (χ0) is 29.9. The minimum absolute atomic E-state index is 0.259. The first-order valence-corrected chi connectivity index (χ1v) is 14.4. The molecule has 0 aliphatic carbocycles. The number of nitrogens with zero attached hydrogens (tertiary/aromatic N) is 3. The molecule has 212 valence electrons. The first kappa shape index (κ1) is 27.7. The van der Waals surface area contributed by atoms with Crippen molar-refractivity contribution in [3.8, 4) is 33.9 Å². The Hall–Kier alpha value is -5.42. The van der Waals surface area contributed by atoms with Gasteiger partial charge in [0.15, 0.2) is 0 Å². The number of carbonyl (C=O) groups is 1. The molecular formula is C38H34N4O. The summed E-state index contributed by atoms with van der Waals surface area (Å²) < 4.78 is 4.45. The Kier molecular flexibility index (Phi) is 7.63. The van der Waals surface area contributed by atoms with E-state index < -0.39 is 0 Å². The summed E-state index contributed by atoms with van der Waals surface area (Å²) in [7, 11) is 0. The predicted octanol–water partition coefficient (Wildman–Crippen LogP) is 8.60. The number of rotatable bonds is 7. The minimum Gasteiger partial charge on any atom is -0.318 e. The zero-order valence-electron chi connectivity index (χ0n) is 24.9. The Morgan fingerprint density at radius 1 is 0.628 bits per heavy atom. The van der Waals surface area contributed by atoms with E-state index in [1.807, 2.05) is 60.7 Å². The molecule has 0 saturated heterocycles. The highest BCUT2D eigenvalue weighted by Gasteiger charge is 2.15. The van der Waals surface area contributed by atoms with Crippen LogP contribution in [0.4, 0.5) is 0 Å². The van der Waals surface area contributed by atoms with Gasteiger partial charge in [-0.15, -0.1) is 0 Å². The van der Waals surface area contributed by atoms with E-state index in [1.165, 1.54) is 11.1 Å². The Labute approximate surface area is 252 Å². The van der Waals surface area contributed by atoms with Crippen LogP contribution in [0.1, 0.15) is 38.4 Å². The molecule has 0 fully saturated rings. The van der Waals surface area contributed by atoms with E-state index in [2.05, 4.69) is 108 Å². The summed E-state index contributed by atoms with van der Waals surface area (Å²) in [6.45, 7) is 8.37. The van der Waals surface area contributed by atoms with Crippen LogP contribution < -0.4 is 5.43 Å². The summed E-state index contributed by atoms with van der Waals surface area (Å²) in [4.78, 5) is 13.0. The van der Waals surface area contributed by atoms with Crippen LogP contribution in [0.3, 0.4) is 0 Å². The summed E-state index contributed by atoms with van der Waals surface area (Å²) in [5.74, 6) is -0.259. The summed E-state index contributed by atoms with van der Waals surface area (Å²) >= 11 is 0. The Morgan fingerprint density at radius 2 is 1.19 bits per heavy atom. The van der Waals surface area contributed by atoms with Crippen LogP contribution in [0.15, 0.2) is 126 Å². The molecule has 0 spiro atoms. The van der Waals surface area contributed by atoms with Crippen LogP contribution in [-0.2, 0) is 0 Å². The van der Waals surface area contributed by atoms with Crippen molar-refractivity contribution in [1.82, 2.24) is 14.6 Å². The lowest BCUT2D eigenvalue weighted by molar-refractivity contribution is 0.0955. The molecule has 0 radical (unpaired) electrons. The predicted molar refractivity (Wildman–Crippen MR) is 176 cm³/mol. The zero-order valence-corrected chi connectivity index (χ0v) is 24.9. The molecule has 6 rings (SSSR count). The number of hydrogen-bond donors (Lipinski definition) is 1. The maximum atomic E-state index is 13.0. The third-order valence-corrected chi connectivity index (χ3v) is 7.71. The summed E-state index contributed by atoms with van der Waals surface area (Å²) in [6.07, 6.45) is 1.71. The topological polar surface area (TPSA) is 51.3 Å². The lowest BCUT2D eigenvalue weighted by atomic mass is 10.1. The van der Waals surface area contributed by atoms with Gasteiger partial charge in [-0.25, -0.2) is 5.43 Å². The van der Waals surface area contributed by atoms with Gasteiger partial charge in [-0.1, -0.05) is 66.7 Å². The fourth-order valence-electron chi connectivity index (χ4n) is 5.77. The van der Waals surface area contributed by atoms with Gasteiger partial charge in [-0.05, 0) is 105 Å². The molecule has 0 atom stereocenters. The highest BCUT2D eigenvalue weighted by Crippen LogP contribution is 2.32. The maximum Gasteiger partial charge on any atom is 0.271 e. The molecule has 2 aromatic heterocycles. The van der Waals surface area contributed by atoms with Gasteiger partial charge in [0.1, 0.15) is 0 Å². The van der Waals surface area contributed by atoms with Crippen molar-refractivity contribution < 1.29 is 4.79 Å². The van der Waals surface area contributed by atoms with Crippen LogP contribution in [0, 0.1) is 27.7 Å². The van der Waals surface area contributed by atoms with Gasteiger partial charge < -0.3 is 9.13 Å². The molecule has 4 aromatic carbocycles. The van der Waals surface area contributed by atoms with Gasteiger partial charge in [-0.2, -0.15) is 5.10 Å². The molecule has 6 aromatic rings. The molecular weight excluding hydrogens is 528 g/mol. The summed E-state index contributed by atoms with van der Waals surface area (Å²) in [5, 5.41) is 4.30. The van der Waals surface area contributed by atoms with Gasteiger partial charge in [0.25, 0.3) is 5.91 Å². The minimum atomic E-state index is -0.259. The van der Waals surface area contributed by atoms with Crippen molar-refractivity contribution in [2.45, 2.75) is 27.7 Å². The third kappa shape index (κ3) is 5.70. The molecule has 5 nitrogen and oxygen atoms in total. The van der Waals surface area contributed by atoms with Gasteiger partial charge in [0.2, 0.25) is 0 Å². The first-order valence-electron chi connectivity index (χ1n) is 14.4. The first-order chi connectivity index (χ1) is 20.9. The van der Waals surface area contributed by atoms with Gasteiger partial charge >= 0.3 is 0 Å². The molecule has 1 N–H and O–H groups in total. The van der Waals surface area contributed by atoms with Crippen molar-refractivity contribution in [1.29, 1.82) is 0 Å². The fraction of sp³-hybridized carbons (Fsp3) is 0.105. The monoisotopic (exact) mass is 562 g/mol.